The van der Waals surface area contributed by atoms with E-state index in [1.54, 1.807) is 0 Å². The summed E-state index contributed by atoms with van der Waals surface area (Å²) in [6, 6.07) is 1.17. The number of carbonyl (C=O) groups is 1. The Bertz CT molecular complexity index is 453. The van der Waals surface area contributed by atoms with Crippen molar-refractivity contribution in [2.75, 3.05) is 11.9 Å². The molecule has 2 N–H and O–H groups in total. The van der Waals surface area contributed by atoms with Crippen molar-refractivity contribution in [3.05, 3.63) is 21.3 Å². The fraction of sp³-hybridized carbons (Fsp3) is 0.400. The van der Waals surface area contributed by atoms with E-state index >= 15 is 0 Å². The average molecular weight is 295 g/mol. The van der Waals surface area contributed by atoms with Gasteiger partial charge in [0.25, 0.3) is 0 Å². The highest BCUT2D eigenvalue weighted by Crippen LogP contribution is 2.29. The quantitative estimate of drug-likeness (QED) is 0.825. The highest BCUT2D eigenvalue weighted by Gasteiger charge is 2.23. The monoisotopic (exact) mass is 293 g/mol. The zero-order chi connectivity index (χ0) is 12.4. The minimum absolute atomic E-state index is 0.0554. The SMILES string of the molecule is O=C1NCCCC1Nc1nc(Cl)c(Cl)cc1Cl. The third kappa shape index (κ3) is 2.94. The zero-order valence-electron chi connectivity index (χ0n) is 8.77. The second-order valence-corrected chi connectivity index (χ2v) is 4.89. The van der Waals surface area contributed by atoms with Crippen LogP contribution in [0.1, 0.15) is 12.8 Å². The van der Waals surface area contributed by atoms with Gasteiger partial charge in [-0.3, -0.25) is 4.79 Å². The molecule has 0 aromatic carbocycles. The number of hydrogen-bond acceptors (Lipinski definition) is 3. The first-order valence-corrected chi connectivity index (χ1v) is 6.27. The van der Waals surface area contributed by atoms with Gasteiger partial charge in [0.1, 0.15) is 17.0 Å². The van der Waals surface area contributed by atoms with Gasteiger partial charge in [-0.05, 0) is 18.9 Å². The second-order valence-electron chi connectivity index (χ2n) is 3.72. The van der Waals surface area contributed by atoms with Gasteiger partial charge in [-0.2, -0.15) is 0 Å². The predicted molar refractivity (Wildman–Crippen MR) is 68.9 cm³/mol. The number of nitrogens with zero attached hydrogens (tertiary/aromatic N) is 1. The van der Waals surface area contributed by atoms with Crippen LogP contribution in [0.2, 0.25) is 15.2 Å². The number of rotatable bonds is 2. The summed E-state index contributed by atoms with van der Waals surface area (Å²) in [5, 5.41) is 6.53. The number of piperidine rings is 1. The Kier molecular flexibility index (Phi) is 3.97. The fourth-order valence-electron chi connectivity index (χ4n) is 1.62. The zero-order valence-corrected chi connectivity index (χ0v) is 11.0. The number of pyridine rings is 1. The van der Waals surface area contributed by atoms with E-state index in [0.29, 0.717) is 17.4 Å². The lowest BCUT2D eigenvalue weighted by Gasteiger charge is -2.23. The summed E-state index contributed by atoms with van der Waals surface area (Å²) in [4.78, 5) is 15.6. The van der Waals surface area contributed by atoms with Gasteiger partial charge in [-0.1, -0.05) is 34.8 Å². The summed E-state index contributed by atoms with van der Waals surface area (Å²) in [7, 11) is 0. The lowest BCUT2D eigenvalue weighted by molar-refractivity contribution is -0.123. The number of halogens is 3. The van der Waals surface area contributed by atoms with E-state index in [-0.39, 0.29) is 22.1 Å². The molecule has 1 amide bonds. The molecular formula is C10H10Cl3N3O. The van der Waals surface area contributed by atoms with E-state index in [0.717, 1.165) is 12.8 Å². The summed E-state index contributed by atoms with van der Waals surface area (Å²) in [5.74, 6) is 0.323. The Morgan fingerprint density at radius 1 is 1.35 bits per heavy atom. The molecule has 1 aliphatic rings. The standard InChI is InChI=1S/C10H10Cl3N3O/c11-5-4-6(12)9(16-8(5)13)15-7-2-1-3-14-10(7)17/h4,7H,1-3H2,(H,14,17)(H,15,16). The second kappa shape index (κ2) is 5.29. The molecule has 0 saturated carbocycles. The van der Waals surface area contributed by atoms with Crippen LogP contribution in [-0.4, -0.2) is 23.5 Å². The van der Waals surface area contributed by atoms with Crippen molar-refractivity contribution in [2.45, 2.75) is 18.9 Å². The molecular weight excluding hydrogens is 284 g/mol. The highest BCUT2D eigenvalue weighted by molar-refractivity contribution is 6.42. The lowest BCUT2D eigenvalue weighted by Crippen LogP contribution is -2.44. The van der Waals surface area contributed by atoms with Crippen molar-refractivity contribution in [3.8, 4) is 0 Å². The Labute approximate surface area is 114 Å². The lowest BCUT2D eigenvalue weighted by atomic mass is 10.1. The Morgan fingerprint density at radius 3 is 2.82 bits per heavy atom. The topological polar surface area (TPSA) is 54.0 Å². The summed E-state index contributed by atoms with van der Waals surface area (Å²) >= 11 is 17.5. The van der Waals surface area contributed by atoms with Crippen molar-refractivity contribution in [2.24, 2.45) is 0 Å². The van der Waals surface area contributed by atoms with Gasteiger partial charge < -0.3 is 10.6 Å². The van der Waals surface area contributed by atoms with E-state index in [4.69, 9.17) is 34.8 Å². The molecule has 1 aliphatic heterocycles. The van der Waals surface area contributed by atoms with Gasteiger partial charge in [0.2, 0.25) is 5.91 Å². The number of hydrogen-bond donors (Lipinski definition) is 2. The molecule has 0 aliphatic carbocycles. The highest BCUT2D eigenvalue weighted by atomic mass is 35.5. The van der Waals surface area contributed by atoms with E-state index in [9.17, 15) is 4.79 Å². The van der Waals surface area contributed by atoms with Crippen LogP contribution in [0.15, 0.2) is 6.07 Å². The first kappa shape index (κ1) is 12.7. The van der Waals surface area contributed by atoms with Crippen LogP contribution in [0, 0.1) is 0 Å². The van der Waals surface area contributed by atoms with Crippen LogP contribution in [0.4, 0.5) is 5.82 Å². The first-order chi connectivity index (χ1) is 8.08. The minimum atomic E-state index is -0.328. The summed E-state index contributed by atoms with van der Waals surface area (Å²) in [6.07, 6.45) is 1.66. The van der Waals surface area contributed by atoms with Crippen LogP contribution in [-0.2, 0) is 4.79 Å². The molecule has 2 heterocycles. The number of anilines is 1. The van der Waals surface area contributed by atoms with E-state index in [1.807, 2.05) is 0 Å². The molecule has 17 heavy (non-hydrogen) atoms. The van der Waals surface area contributed by atoms with Gasteiger partial charge in [-0.25, -0.2) is 4.98 Å². The minimum Gasteiger partial charge on any atom is -0.357 e. The molecule has 0 bridgehead atoms. The van der Waals surface area contributed by atoms with Crippen LogP contribution in [0.25, 0.3) is 0 Å². The van der Waals surface area contributed by atoms with Gasteiger partial charge >= 0.3 is 0 Å². The molecule has 0 radical (unpaired) electrons. The molecule has 4 nitrogen and oxygen atoms in total. The molecule has 1 saturated heterocycles. The van der Waals surface area contributed by atoms with Crippen molar-refractivity contribution >= 4 is 46.5 Å². The van der Waals surface area contributed by atoms with Gasteiger partial charge in [0.05, 0.1) is 10.0 Å². The molecule has 1 atom stereocenters. The van der Waals surface area contributed by atoms with Crippen molar-refractivity contribution in [3.63, 3.8) is 0 Å². The number of carbonyl (C=O) groups excluding carboxylic acids is 1. The molecule has 0 spiro atoms. The van der Waals surface area contributed by atoms with Crippen LogP contribution < -0.4 is 10.6 Å². The predicted octanol–water partition coefficient (Wildman–Crippen LogP) is 2.73. The number of nitrogens with one attached hydrogen (secondary N) is 2. The maximum atomic E-state index is 11.6. The average Bonchev–Trinajstić information content (AvgIpc) is 2.29. The summed E-state index contributed by atoms with van der Waals surface area (Å²) in [5.41, 5.74) is 0. The molecule has 2 rings (SSSR count). The number of aromatic nitrogens is 1. The van der Waals surface area contributed by atoms with Gasteiger partial charge in [0, 0.05) is 6.54 Å². The van der Waals surface area contributed by atoms with Crippen molar-refractivity contribution in [1.29, 1.82) is 0 Å². The Hall–Kier alpha value is -0.710. The largest absolute Gasteiger partial charge is 0.357 e. The van der Waals surface area contributed by atoms with E-state index in [1.165, 1.54) is 6.07 Å². The maximum Gasteiger partial charge on any atom is 0.242 e. The van der Waals surface area contributed by atoms with Crippen LogP contribution in [0.5, 0.6) is 0 Å². The Morgan fingerprint density at radius 2 is 2.12 bits per heavy atom. The molecule has 7 heteroatoms. The summed E-state index contributed by atoms with van der Waals surface area (Å²) < 4.78 is 0. The van der Waals surface area contributed by atoms with Crippen molar-refractivity contribution < 1.29 is 4.79 Å². The number of amides is 1. The first-order valence-electron chi connectivity index (χ1n) is 5.13. The molecule has 1 aromatic heterocycles. The molecule has 1 aromatic rings. The fourth-order valence-corrected chi connectivity index (χ4v) is 2.17. The molecule has 92 valence electrons. The Balaban J connectivity index is 2.17. The third-order valence-corrected chi connectivity index (χ3v) is 3.44. The van der Waals surface area contributed by atoms with Crippen LogP contribution >= 0.6 is 34.8 Å². The smallest absolute Gasteiger partial charge is 0.242 e. The van der Waals surface area contributed by atoms with E-state index in [2.05, 4.69) is 15.6 Å². The van der Waals surface area contributed by atoms with Crippen LogP contribution in [0.3, 0.4) is 0 Å². The normalized spacial score (nSPS) is 19.9. The van der Waals surface area contributed by atoms with Crippen molar-refractivity contribution in [1.82, 2.24) is 10.3 Å². The molecule has 1 unspecified atom stereocenters. The van der Waals surface area contributed by atoms with Gasteiger partial charge in [-0.15, -0.1) is 0 Å². The summed E-state index contributed by atoms with van der Waals surface area (Å²) in [6.45, 7) is 0.708. The van der Waals surface area contributed by atoms with E-state index < -0.39 is 0 Å². The third-order valence-electron chi connectivity index (χ3n) is 2.48. The maximum absolute atomic E-state index is 11.6. The molecule has 1 fully saturated rings. The van der Waals surface area contributed by atoms with Gasteiger partial charge in [0.15, 0.2) is 0 Å².